The molecule has 1 aliphatic rings. The summed E-state index contributed by atoms with van der Waals surface area (Å²) in [7, 11) is 1.95. The third-order valence-corrected chi connectivity index (χ3v) is 4.02. The Balaban J connectivity index is 1.42. The monoisotopic (exact) mass is 273 g/mol. The van der Waals surface area contributed by atoms with Crippen molar-refractivity contribution in [1.29, 1.82) is 0 Å². The van der Waals surface area contributed by atoms with E-state index in [0.717, 1.165) is 25.2 Å². The molecule has 0 aliphatic heterocycles. The molecule has 3 rings (SSSR count). The van der Waals surface area contributed by atoms with Gasteiger partial charge in [0.2, 0.25) is 0 Å². The van der Waals surface area contributed by atoms with Crippen LogP contribution in [0.5, 0.6) is 0 Å². The number of rotatable bonds is 6. The van der Waals surface area contributed by atoms with E-state index in [2.05, 4.69) is 38.7 Å². The molecule has 0 amide bonds. The summed E-state index contributed by atoms with van der Waals surface area (Å²) in [6.07, 6.45) is 12.4. The van der Waals surface area contributed by atoms with Crippen molar-refractivity contribution >= 4 is 0 Å². The van der Waals surface area contributed by atoms with Crippen LogP contribution < -0.4 is 5.32 Å². The van der Waals surface area contributed by atoms with Crippen molar-refractivity contribution in [2.75, 3.05) is 6.54 Å². The van der Waals surface area contributed by atoms with E-state index < -0.39 is 0 Å². The third kappa shape index (κ3) is 3.28. The molecule has 0 unspecified atom stereocenters. The van der Waals surface area contributed by atoms with Crippen LogP contribution in [0.2, 0.25) is 0 Å². The Morgan fingerprint density at radius 3 is 2.95 bits per heavy atom. The zero-order valence-corrected chi connectivity index (χ0v) is 12.1. The molecule has 0 aromatic carbocycles. The lowest BCUT2D eigenvalue weighted by Crippen LogP contribution is -2.17. The number of hydrogen-bond acceptors (Lipinski definition) is 3. The van der Waals surface area contributed by atoms with Crippen molar-refractivity contribution in [2.45, 2.75) is 44.7 Å². The average Bonchev–Trinajstić information content (AvgIpc) is 3.16. The smallest absolute Gasteiger partial charge is 0.0762 e. The number of hydrogen-bond donors (Lipinski definition) is 1. The van der Waals surface area contributed by atoms with Crippen LogP contribution in [0.15, 0.2) is 24.7 Å². The summed E-state index contributed by atoms with van der Waals surface area (Å²) in [5.41, 5.74) is 2.42. The van der Waals surface area contributed by atoms with E-state index in [9.17, 15) is 0 Å². The second-order valence-corrected chi connectivity index (χ2v) is 5.67. The highest BCUT2D eigenvalue weighted by molar-refractivity contribution is 5.04. The summed E-state index contributed by atoms with van der Waals surface area (Å²) < 4.78 is 4.00. The van der Waals surface area contributed by atoms with Crippen molar-refractivity contribution < 1.29 is 0 Å². The SMILES string of the molecule is Cn1cc(CCNCc2ccn(C3CCCC3)n2)cn1. The molecular formula is C15H23N5. The van der Waals surface area contributed by atoms with Gasteiger partial charge in [-0.1, -0.05) is 12.8 Å². The molecule has 0 bridgehead atoms. The lowest BCUT2D eigenvalue weighted by atomic mass is 10.2. The second-order valence-electron chi connectivity index (χ2n) is 5.67. The Morgan fingerprint density at radius 1 is 1.35 bits per heavy atom. The van der Waals surface area contributed by atoms with Crippen LogP contribution in [0.1, 0.15) is 43.0 Å². The van der Waals surface area contributed by atoms with Gasteiger partial charge in [-0.25, -0.2) is 0 Å². The molecule has 1 N–H and O–H groups in total. The Labute approximate surface area is 120 Å². The molecule has 1 fully saturated rings. The highest BCUT2D eigenvalue weighted by atomic mass is 15.3. The first kappa shape index (κ1) is 13.4. The van der Waals surface area contributed by atoms with Gasteiger partial charge in [0.05, 0.1) is 17.9 Å². The molecule has 0 atom stereocenters. The predicted molar refractivity (Wildman–Crippen MR) is 78.4 cm³/mol. The Kier molecular flexibility index (Phi) is 4.16. The van der Waals surface area contributed by atoms with Gasteiger partial charge in [0, 0.05) is 26.0 Å². The predicted octanol–water partition coefficient (Wildman–Crippen LogP) is 2.06. The van der Waals surface area contributed by atoms with Gasteiger partial charge in [-0.2, -0.15) is 10.2 Å². The van der Waals surface area contributed by atoms with Crippen LogP contribution in [-0.4, -0.2) is 26.1 Å². The molecule has 20 heavy (non-hydrogen) atoms. The van der Waals surface area contributed by atoms with Crippen LogP contribution in [0.3, 0.4) is 0 Å². The maximum atomic E-state index is 4.68. The Hall–Kier alpha value is -1.62. The molecule has 2 aromatic rings. The van der Waals surface area contributed by atoms with Gasteiger partial charge < -0.3 is 5.32 Å². The molecule has 2 heterocycles. The van der Waals surface area contributed by atoms with Gasteiger partial charge in [-0.3, -0.25) is 9.36 Å². The van der Waals surface area contributed by atoms with Crippen LogP contribution in [-0.2, 0) is 20.0 Å². The zero-order chi connectivity index (χ0) is 13.8. The van der Waals surface area contributed by atoms with Gasteiger partial charge in [0.15, 0.2) is 0 Å². The topological polar surface area (TPSA) is 47.7 Å². The number of aromatic nitrogens is 4. The molecule has 2 aromatic heterocycles. The van der Waals surface area contributed by atoms with Crippen molar-refractivity contribution in [3.05, 3.63) is 35.9 Å². The summed E-state index contributed by atoms with van der Waals surface area (Å²) in [6.45, 7) is 1.81. The number of aryl methyl sites for hydroxylation is 1. The maximum absolute atomic E-state index is 4.68. The van der Waals surface area contributed by atoms with E-state index in [0.29, 0.717) is 6.04 Å². The van der Waals surface area contributed by atoms with E-state index in [1.807, 2.05) is 17.9 Å². The molecule has 0 radical (unpaired) electrons. The van der Waals surface area contributed by atoms with Crippen molar-refractivity contribution in [3.63, 3.8) is 0 Å². The van der Waals surface area contributed by atoms with Crippen molar-refractivity contribution in [2.24, 2.45) is 7.05 Å². The lowest BCUT2D eigenvalue weighted by molar-refractivity contribution is 0.461. The maximum Gasteiger partial charge on any atom is 0.0762 e. The van der Waals surface area contributed by atoms with Crippen LogP contribution in [0.4, 0.5) is 0 Å². The fourth-order valence-corrected chi connectivity index (χ4v) is 2.89. The van der Waals surface area contributed by atoms with Crippen molar-refractivity contribution in [3.8, 4) is 0 Å². The summed E-state index contributed by atoms with van der Waals surface area (Å²) in [5, 5.41) is 12.3. The molecule has 5 heteroatoms. The largest absolute Gasteiger partial charge is 0.311 e. The molecule has 1 aliphatic carbocycles. The summed E-state index contributed by atoms with van der Waals surface area (Å²) in [6, 6.07) is 2.77. The quantitative estimate of drug-likeness (QED) is 0.820. The average molecular weight is 273 g/mol. The first-order valence-electron chi connectivity index (χ1n) is 7.53. The molecular weight excluding hydrogens is 250 g/mol. The molecule has 1 saturated carbocycles. The summed E-state index contributed by atoms with van der Waals surface area (Å²) in [4.78, 5) is 0. The summed E-state index contributed by atoms with van der Waals surface area (Å²) >= 11 is 0. The molecule has 0 spiro atoms. The lowest BCUT2D eigenvalue weighted by Gasteiger charge is -2.08. The summed E-state index contributed by atoms with van der Waals surface area (Å²) in [5.74, 6) is 0. The van der Waals surface area contributed by atoms with E-state index in [-0.39, 0.29) is 0 Å². The van der Waals surface area contributed by atoms with Gasteiger partial charge in [0.25, 0.3) is 0 Å². The normalized spacial score (nSPS) is 16.1. The fourth-order valence-electron chi connectivity index (χ4n) is 2.89. The van der Waals surface area contributed by atoms with Gasteiger partial charge in [-0.15, -0.1) is 0 Å². The second kappa shape index (κ2) is 6.22. The minimum absolute atomic E-state index is 0.638. The molecule has 108 valence electrons. The number of nitrogens with zero attached hydrogens (tertiary/aromatic N) is 4. The van der Waals surface area contributed by atoms with Crippen LogP contribution in [0, 0.1) is 0 Å². The van der Waals surface area contributed by atoms with E-state index in [4.69, 9.17) is 0 Å². The standard InChI is InChI=1S/C15H23N5/c1-19-12-13(10-17-19)6-8-16-11-14-7-9-20(18-14)15-4-2-3-5-15/h7,9-10,12,15-16H,2-6,8,11H2,1H3. The number of nitrogens with one attached hydrogen (secondary N) is 1. The highest BCUT2D eigenvalue weighted by Gasteiger charge is 2.17. The van der Waals surface area contributed by atoms with E-state index in [1.54, 1.807) is 0 Å². The zero-order valence-electron chi connectivity index (χ0n) is 12.1. The first-order chi connectivity index (χ1) is 9.81. The minimum atomic E-state index is 0.638. The van der Waals surface area contributed by atoms with Gasteiger partial charge in [-0.05, 0) is 37.4 Å². The van der Waals surface area contributed by atoms with E-state index >= 15 is 0 Å². The fraction of sp³-hybridized carbons (Fsp3) is 0.600. The molecule has 5 nitrogen and oxygen atoms in total. The van der Waals surface area contributed by atoms with Crippen LogP contribution >= 0.6 is 0 Å². The van der Waals surface area contributed by atoms with Crippen molar-refractivity contribution in [1.82, 2.24) is 24.9 Å². The van der Waals surface area contributed by atoms with Gasteiger partial charge >= 0.3 is 0 Å². The van der Waals surface area contributed by atoms with Crippen LogP contribution in [0.25, 0.3) is 0 Å². The Bertz CT molecular complexity index is 536. The minimum Gasteiger partial charge on any atom is -0.311 e. The highest BCUT2D eigenvalue weighted by Crippen LogP contribution is 2.28. The van der Waals surface area contributed by atoms with Gasteiger partial charge in [0.1, 0.15) is 0 Å². The Morgan fingerprint density at radius 2 is 2.20 bits per heavy atom. The molecule has 0 saturated heterocycles. The van der Waals surface area contributed by atoms with E-state index in [1.165, 1.54) is 31.2 Å². The first-order valence-corrected chi connectivity index (χ1v) is 7.53. The third-order valence-electron chi connectivity index (χ3n) is 4.02.